The molecule has 5 nitrogen and oxygen atoms in total. The minimum Gasteiger partial charge on any atom is -0.485 e. The lowest BCUT2D eigenvalue weighted by Crippen LogP contribution is -2.31. The maximum absolute atomic E-state index is 11.1. The fourth-order valence-electron chi connectivity index (χ4n) is 1.86. The first-order valence-electron chi connectivity index (χ1n) is 6.85. The lowest BCUT2D eigenvalue weighted by atomic mass is 10.2. The molecule has 0 aliphatic rings. The van der Waals surface area contributed by atoms with Gasteiger partial charge >= 0.3 is 5.97 Å². The minimum absolute atomic E-state index is 0.0393. The van der Waals surface area contributed by atoms with E-state index in [-0.39, 0.29) is 6.61 Å². The molecule has 0 heterocycles. The van der Waals surface area contributed by atoms with Crippen molar-refractivity contribution in [1.82, 2.24) is 0 Å². The molecular formula is C17H18O5. The molecule has 1 N–H and O–H groups in total. The third-order valence-corrected chi connectivity index (χ3v) is 2.95. The minimum atomic E-state index is -1.08. The number of para-hydroxylation sites is 2. The zero-order valence-electron chi connectivity index (χ0n) is 12.3. The van der Waals surface area contributed by atoms with E-state index in [1.165, 1.54) is 7.11 Å². The van der Waals surface area contributed by atoms with Crippen LogP contribution in [0.5, 0.6) is 11.5 Å². The number of hydrogen-bond acceptors (Lipinski definition) is 4. The van der Waals surface area contributed by atoms with Crippen LogP contribution < -0.4 is 9.47 Å². The van der Waals surface area contributed by atoms with E-state index in [9.17, 15) is 4.79 Å². The average molecular weight is 302 g/mol. The molecule has 0 saturated carbocycles. The van der Waals surface area contributed by atoms with E-state index in [4.69, 9.17) is 19.3 Å². The first-order chi connectivity index (χ1) is 10.7. The van der Waals surface area contributed by atoms with Gasteiger partial charge in [-0.15, -0.1) is 0 Å². The van der Waals surface area contributed by atoms with Gasteiger partial charge in [-0.25, -0.2) is 4.79 Å². The summed E-state index contributed by atoms with van der Waals surface area (Å²) in [4.78, 5) is 11.1. The van der Waals surface area contributed by atoms with Gasteiger partial charge in [-0.1, -0.05) is 42.5 Å². The highest BCUT2D eigenvalue weighted by molar-refractivity contribution is 5.73. The summed E-state index contributed by atoms with van der Waals surface area (Å²) in [6.45, 7) is 0.339. The Hall–Kier alpha value is -2.53. The lowest BCUT2D eigenvalue weighted by Gasteiger charge is -2.17. The van der Waals surface area contributed by atoms with Crippen LogP contribution in [-0.4, -0.2) is 30.9 Å². The summed E-state index contributed by atoms with van der Waals surface area (Å²) in [7, 11) is 1.43. The van der Waals surface area contributed by atoms with Crippen LogP contribution in [0, 0.1) is 0 Å². The fourth-order valence-corrected chi connectivity index (χ4v) is 1.86. The Morgan fingerprint density at radius 3 is 2.32 bits per heavy atom. The highest BCUT2D eigenvalue weighted by Crippen LogP contribution is 2.28. The Morgan fingerprint density at radius 2 is 1.68 bits per heavy atom. The smallest absolute Gasteiger partial charge is 0.347 e. The number of methoxy groups -OCH3 is 1. The van der Waals surface area contributed by atoms with Gasteiger partial charge in [0.1, 0.15) is 6.61 Å². The summed E-state index contributed by atoms with van der Waals surface area (Å²) in [6.07, 6.45) is -1.08. The fraction of sp³-hybridized carbons (Fsp3) is 0.235. The molecule has 0 bridgehead atoms. The van der Waals surface area contributed by atoms with Gasteiger partial charge in [0, 0.05) is 7.11 Å². The number of carbonyl (C=O) groups is 1. The van der Waals surface area contributed by atoms with Gasteiger partial charge in [0.15, 0.2) is 11.5 Å². The highest BCUT2D eigenvalue weighted by atomic mass is 16.6. The van der Waals surface area contributed by atoms with Gasteiger partial charge in [-0.05, 0) is 17.7 Å². The molecule has 1 unspecified atom stereocenters. The molecule has 5 heteroatoms. The molecule has 0 aliphatic carbocycles. The maximum atomic E-state index is 11.1. The van der Waals surface area contributed by atoms with E-state index in [0.717, 1.165) is 5.56 Å². The molecule has 2 aromatic rings. The van der Waals surface area contributed by atoms with E-state index in [0.29, 0.717) is 18.1 Å². The molecule has 0 spiro atoms. The van der Waals surface area contributed by atoms with E-state index < -0.39 is 12.1 Å². The number of aliphatic carboxylic acids is 1. The van der Waals surface area contributed by atoms with Crippen LogP contribution in [-0.2, 0) is 16.1 Å². The van der Waals surface area contributed by atoms with Crippen molar-refractivity contribution in [3.63, 3.8) is 0 Å². The quantitative estimate of drug-likeness (QED) is 0.812. The summed E-state index contributed by atoms with van der Waals surface area (Å²) >= 11 is 0. The van der Waals surface area contributed by atoms with Crippen LogP contribution in [0.15, 0.2) is 54.6 Å². The molecular weight excluding hydrogens is 284 g/mol. The number of carboxylic acid groups (broad SMARTS) is 1. The average Bonchev–Trinajstić information content (AvgIpc) is 2.54. The number of hydrogen-bond donors (Lipinski definition) is 1. The van der Waals surface area contributed by atoms with Crippen LogP contribution in [0.1, 0.15) is 5.56 Å². The van der Waals surface area contributed by atoms with Crippen molar-refractivity contribution >= 4 is 5.97 Å². The van der Waals surface area contributed by atoms with Crippen molar-refractivity contribution in [2.24, 2.45) is 0 Å². The third-order valence-electron chi connectivity index (χ3n) is 2.95. The Labute approximate surface area is 129 Å². The van der Waals surface area contributed by atoms with Gasteiger partial charge in [-0.3, -0.25) is 0 Å². The van der Waals surface area contributed by atoms with Crippen molar-refractivity contribution < 1.29 is 24.1 Å². The summed E-state index contributed by atoms with van der Waals surface area (Å²) in [5.74, 6) is -0.212. The Kier molecular flexibility index (Phi) is 5.80. The molecule has 1 atom stereocenters. The molecule has 2 rings (SSSR count). The SMILES string of the molecule is COCC(Oc1ccccc1OCc1ccccc1)C(=O)O. The van der Waals surface area contributed by atoms with Crippen LogP contribution in [0.2, 0.25) is 0 Å². The number of ether oxygens (including phenoxy) is 3. The molecule has 0 aliphatic heterocycles. The van der Waals surface area contributed by atoms with Gasteiger partial charge in [0.2, 0.25) is 6.10 Å². The number of carboxylic acids is 1. The molecule has 0 aromatic heterocycles. The number of rotatable bonds is 8. The first kappa shape index (κ1) is 15.9. The Balaban J connectivity index is 2.07. The van der Waals surface area contributed by atoms with Crippen LogP contribution in [0.4, 0.5) is 0 Å². The third kappa shape index (κ3) is 4.49. The van der Waals surface area contributed by atoms with Crippen molar-refractivity contribution in [1.29, 1.82) is 0 Å². The molecule has 116 valence electrons. The van der Waals surface area contributed by atoms with Gasteiger partial charge in [0.05, 0.1) is 6.61 Å². The summed E-state index contributed by atoms with van der Waals surface area (Å²) in [5, 5.41) is 9.12. The van der Waals surface area contributed by atoms with Gasteiger partial charge in [0.25, 0.3) is 0 Å². The monoisotopic (exact) mass is 302 g/mol. The molecule has 2 aromatic carbocycles. The normalized spacial score (nSPS) is 11.7. The Bertz CT molecular complexity index is 597. The summed E-state index contributed by atoms with van der Waals surface area (Å²) in [6, 6.07) is 16.7. The molecule has 22 heavy (non-hydrogen) atoms. The molecule has 0 amide bonds. The zero-order valence-corrected chi connectivity index (χ0v) is 12.3. The van der Waals surface area contributed by atoms with E-state index in [1.54, 1.807) is 24.3 Å². The topological polar surface area (TPSA) is 65.0 Å². The van der Waals surface area contributed by atoms with Gasteiger partial charge in [-0.2, -0.15) is 0 Å². The summed E-state index contributed by atoms with van der Waals surface area (Å²) in [5.41, 5.74) is 1.02. The largest absolute Gasteiger partial charge is 0.485 e. The highest BCUT2D eigenvalue weighted by Gasteiger charge is 2.20. The predicted molar refractivity (Wildman–Crippen MR) is 81.1 cm³/mol. The zero-order chi connectivity index (χ0) is 15.8. The van der Waals surface area contributed by atoms with Crippen molar-refractivity contribution in [2.75, 3.05) is 13.7 Å². The summed E-state index contributed by atoms with van der Waals surface area (Å²) < 4.78 is 16.1. The van der Waals surface area contributed by atoms with E-state index >= 15 is 0 Å². The predicted octanol–water partition coefficient (Wildman–Crippen LogP) is 2.74. The maximum Gasteiger partial charge on any atom is 0.347 e. The standard InChI is InChI=1S/C17H18O5/c1-20-12-16(17(18)19)22-15-10-6-5-9-14(15)21-11-13-7-3-2-4-8-13/h2-10,16H,11-12H2,1H3,(H,18,19). The van der Waals surface area contributed by atoms with Crippen molar-refractivity contribution in [3.8, 4) is 11.5 Å². The second kappa shape index (κ2) is 8.05. The van der Waals surface area contributed by atoms with E-state index in [1.807, 2.05) is 30.3 Å². The van der Waals surface area contributed by atoms with Crippen LogP contribution >= 0.6 is 0 Å². The number of benzene rings is 2. The first-order valence-corrected chi connectivity index (χ1v) is 6.85. The second-order valence-corrected chi connectivity index (χ2v) is 4.62. The molecule has 0 radical (unpaired) electrons. The Morgan fingerprint density at radius 1 is 1.05 bits per heavy atom. The molecule has 0 fully saturated rings. The second-order valence-electron chi connectivity index (χ2n) is 4.62. The van der Waals surface area contributed by atoms with Crippen molar-refractivity contribution in [3.05, 3.63) is 60.2 Å². The van der Waals surface area contributed by atoms with Crippen molar-refractivity contribution in [2.45, 2.75) is 12.7 Å². The van der Waals surface area contributed by atoms with Crippen LogP contribution in [0.3, 0.4) is 0 Å². The van der Waals surface area contributed by atoms with E-state index in [2.05, 4.69) is 0 Å². The van der Waals surface area contributed by atoms with Crippen LogP contribution in [0.25, 0.3) is 0 Å². The lowest BCUT2D eigenvalue weighted by molar-refractivity contribution is -0.147. The van der Waals surface area contributed by atoms with Gasteiger partial charge < -0.3 is 19.3 Å². The molecule has 0 saturated heterocycles.